The van der Waals surface area contributed by atoms with E-state index in [4.69, 9.17) is 11.6 Å². The van der Waals surface area contributed by atoms with Gasteiger partial charge in [-0.05, 0) is 25.0 Å². The van der Waals surface area contributed by atoms with E-state index in [-0.39, 0.29) is 12.4 Å². The highest BCUT2D eigenvalue weighted by Gasteiger charge is 2.10. The maximum atomic E-state index is 12.8. The molecule has 0 atom stereocenters. The van der Waals surface area contributed by atoms with Gasteiger partial charge in [0.15, 0.2) is 5.96 Å². The summed E-state index contributed by atoms with van der Waals surface area (Å²) in [6.07, 6.45) is 3.32. The van der Waals surface area contributed by atoms with Crippen LogP contribution in [0.3, 0.4) is 0 Å². The Hall–Kier alpha value is -2.15. The molecule has 0 fully saturated rings. The normalized spacial score (nSPS) is 11.8. The third-order valence-corrected chi connectivity index (χ3v) is 3.70. The van der Waals surface area contributed by atoms with Crippen molar-refractivity contribution in [3.8, 4) is 0 Å². The first-order valence-corrected chi connectivity index (χ1v) is 8.05. The van der Waals surface area contributed by atoms with Gasteiger partial charge in [0.25, 0.3) is 0 Å². The van der Waals surface area contributed by atoms with Gasteiger partial charge in [0, 0.05) is 30.5 Å². The van der Waals surface area contributed by atoms with Gasteiger partial charge in [-0.25, -0.2) is 9.98 Å². The van der Waals surface area contributed by atoms with Crippen LogP contribution >= 0.6 is 11.6 Å². The van der Waals surface area contributed by atoms with Crippen molar-refractivity contribution in [1.29, 1.82) is 0 Å². The molecule has 1 heterocycles. The zero-order valence-electron chi connectivity index (χ0n) is 13.3. The minimum atomic E-state index is -2.62. The highest BCUT2D eigenvalue weighted by Crippen LogP contribution is 2.15. The van der Waals surface area contributed by atoms with E-state index in [0.29, 0.717) is 19.0 Å². The first kappa shape index (κ1) is 18.2. The molecule has 5 nitrogen and oxygen atoms in total. The molecule has 24 heavy (non-hydrogen) atoms. The van der Waals surface area contributed by atoms with Gasteiger partial charge >= 0.3 is 6.55 Å². The smallest absolute Gasteiger partial charge is 0.319 e. The number of imidazole rings is 1. The number of alkyl halides is 2. The highest BCUT2D eigenvalue weighted by molar-refractivity contribution is 6.31. The quantitative estimate of drug-likeness (QED) is 0.592. The summed E-state index contributed by atoms with van der Waals surface area (Å²) in [4.78, 5) is 8.21. The van der Waals surface area contributed by atoms with Gasteiger partial charge in [-0.3, -0.25) is 4.57 Å². The van der Waals surface area contributed by atoms with Crippen LogP contribution in [0.15, 0.2) is 41.7 Å². The number of benzene rings is 1. The molecule has 0 aliphatic rings. The summed E-state index contributed by atoms with van der Waals surface area (Å²) in [6, 6.07) is 7.63. The van der Waals surface area contributed by atoms with E-state index in [0.717, 1.165) is 21.6 Å². The molecule has 1 aromatic carbocycles. The number of aromatic nitrogens is 2. The molecular formula is C16H20ClF2N5. The molecule has 2 N–H and O–H groups in total. The minimum Gasteiger partial charge on any atom is -0.357 e. The summed E-state index contributed by atoms with van der Waals surface area (Å²) >= 11 is 6.12. The Morgan fingerprint density at radius 3 is 2.83 bits per heavy atom. The first-order valence-electron chi connectivity index (χ1n) is 7.67. The average molecular weight is 356 g/mol. The number of nitrogens with zero attached hydrogens (tertiary/aromatic N) is 3. The number of aliphatic imine (C=N–C) groups is 1. The fraction of sp³-hybridized carbons (Fsp3) is 0.375. The molecule has 2 aromatic rings. The van der Waals surface area contributed by atoms with Crippen molar-refractivity contribution in [1.82, 2.24) is 20.2 Å². The van der Waals surface area contributed by atoms with Crippen molar-refractivity contribution >= 4 is 17.6 Å². The lowest BCUT2D eigenvalue weighted by Crippen LogP contribution is -2.38. The molecule has 1 aromatic heterocycles. The molecule has 0 aliphatic heterocycles. The average Bonchev–Trinajstić information content (AvgIpc) is 3.03. The van der Waals surface area contributed by atoms with Crippen LogP contribution in [0.2, 0.25) is 5.02 Å². The summed E-state index contributed by atoms with van der Waals surface area (Å²) in [5.41, 5.74) is 1.04. The minimum absolute atomic E-state index is 0.0682. The van der Waals surface area contributed by atoms with Gasteiger partial charge in [0.05, 0.1) is 0 Å². The van der Waals surface area contributed by atoms with Crippen LogP contribution in [0.1, 0.15) is 24.9 Å². The second-order valence-electron chi connectivity index (χ2n) is 4.99. The number of guanidine groups is 1. The van der Waals surface area contributed by atoms with Gasteiger partial charge < -0.3 is 10.6 Å². The number of halogens is 3. The summed E-state index contributed by atoms with van der Waals surface area (Å²) in [7, 11) is 0. The van der Waals surface area contributed by atoms with Gasteiger partial charge in [-0.2, -0.15) is 8.78 Å². The SMILES string of the molecule is CCNC(=NCc1nccn1C(F)F)NCCc1ccccc1Cl. The third kappa shape index (κ3) is 5.19. The van der Waals surface area contributed by atoms with Gasteiger partial charge in [0.2, 0.25) is 0 Å². The van der Waals surface area contributed by atoms with Crippen molar-refractivity contribution in [3.63, 3.8) is 0 Å². The highest BCUT2D eigenvalue weighted by atomic mass is 35.5. The second-order valence-corrected chi connectivity index (χ2v) is 5.40. The lowest BCUT2D eigenvalue weighted by molar-refractivity contribution is 0.0671. The van der Waals surface area contributed by atoms with Crippen LogP contribution in [0.4, 0.5) is 8.78 Å². The molecule has 0 aliphatic carbocycles. The molecule has 0 unspecified atom stereocenters. The number of nitrogens with one attached hydrogen (secondary N) is 2. The third-order valence-electron chi connectivity index (χ3n) is 3.33. The lowest BCUT2D eigenvalue weighted by atomic mass is 10.1. The topological polar surface area (TPSA) is 54.2 Å². The van der Waals surface area contributed by atoms with Crippen molar-refractivity contribution in [2.24, 2.45) is 4.99 Å². The molecule has 0 saturated carbocycles. The maximum Gasteiger partial charge on any atom is 0.319 e. The molecule has 0 saturated heterocycles. The molecular weight excluding hydrogens is 336 g/mol. The maximum absolute atomic E-state index is 12.8. The zero-order chi connectivity index (χ0) is 17.4. The lowest BCUT2D eigenvalue weighted by Gasteiger charge is -2.12. The Balaban J connectivity index is 1.93. The van der Waals surface area contributed by atoms with Crippen LogP contribution in [0.5, 0.6) is 0 Å². The monoisotopic (exact) mass is 355 g/mol. The van der Waals surface area contributed by atoms with E-state index < -0.39 is 6.55 Å². The summed E-state index contributed by atoms with van der Waals surface area (Å²) in [5.74, 6) is 0.765. The Labute approximate surface area is 144 Å². The standard InChI is InChI=1S/C16H20ClF2N5/c1-2-20-16(22-8-7-12-5-3-4-6-13(12)17)23-11-14-21-9-10-24(14)15(18)19/h3-6,9-10,15H,2,7-8,11H2,1H3,(H2,20,22,23). The molecule has 8 heteroatoms. The number of hydrogen-bond donors (Lipinski definition) is 2. The zero-order valence-corrected chi connectivity index (χ0v) is 14.1. The Morgan fingerprint density at radius 1 is 1.33 bits per heavy atom. The molecule has 0 radical (unpaired) electrons. The molecule has 130 valence electrons. The summed E-state index contributed by atoms with van der Waals surface area (Å²) in [6.45, 7) is 0.679. The first-order chi connectivity index (χ1) is 11.6. The van der Waals surface area contributed by atoms with E-state index in [2.05, 4.69) is 20.6 Å². The van der Waals surface area contributed by atoms with Crippen LogP contribution in [-0.2, 0) is 13.0 Å². The molecule has 2 rings (SSSR count). The predicted octanol–water partition coefficient (Wildman–Crippen LogP) is 3.23. The Kier molecular flexibility index (Phi) is 6.99. The largest absolute Gasteiger partial charge is 0.357 e. The van der Waals surface area contributed by atoms with Gasteiger partial charge in [-0.1, -0.05) is 29.8 Å². The molecule has 0 bridgehead atoms. The van der Waals surface area contributed by atoms with Crippen LogP contribution < -0.4 is 10.6 Å². The second kappa shape index (κ2) is 9.22. The van der Waals surface area contributed by atoms with Crippen molar-refractivity contribution in [2.75, 3.05) is 13.1 Å². The van der Waals surface area contributed by atoms with Crippen LogP contribution in [-0.4, -0.2) is 28.6 Å². The van der Waals surface area contributed by atoms with E-state index in [1.165, 1.54) is 12.4 Å². The van der Waals surface area contributed by atoms with Crippen molar-refractivity contribution < 1.29 is 8.78 Å². The van der Waals surface area contributed by atoms with E-state index in [9.17, 15) is 8.78 Å². The molecule has 0 amide bonds. The Bertz CT molecular complexity index is 672. The van der Waals surface area contributed by atoms with E-state index in [1.54, 1.807) is 0 Å². The fourth-order valence-corrected chi connectivity index (χ4v) is 2.38. The van der Waals surface area contributed by atoms with Gasteiger partial charge in [-0.15, -0.1) is 0 Å². The number of hydrogen-bond acceptors (Lipinski definition) is 2. The summed E-state index contributed by atoms with van der Waals surface area (Å²) in [5, 5.41) is 6.96. The van der Waals surface area contributed by atoms with E-state index in [1.807, 2.05) is 31.2 Å². The van der Waals surface area contributed by atoms with E-state index >= 15 is 0 Å². The predicted molar refractivity (Wildman–Crippen MR) is 91.5 cm³/mol. The van der Waals surface area contributed by atoms with Crippen molar-refractivity contribution in [2.45, 2.75) is 26.4 Å². The summed E-state index contributed by atoms with van der Waals surface area (Å²) < 4.78 is 26.4. The number of rotatable bonds is 7. The van der Waals surface area contributed by atoms with Gasteiger partial charge in [0.1, 0.15) is 12.4 Å². The Morgan fingerprint density at radius 2 is 2.12 bits per heavy atom. The van der Waals surface area contributed by atoms with Crippen LogP contribution in [0, 0.1) is 0 Å². The van der Waals surface area contributed by atoms with Crippen LogP contribution in [0.25, 0.3) is 0 Å². The fourth-order valence-electron chi connectivity index (χ4n) is 2.15. The van der Waals surface area contributed by atoms with Crippen molar-refractivity contribution in [3.05, 3.63) is 53.1 Å². The molecule has 0 spiro atoms.